The number of primary amides is 1. The quantitative estimate of drug-likeness (QED) is 0.514. The first-order valence-corrected chi connectivity index (χ1v) is 7.96. The summed E-state index contributed by atoms with van der Waals surface area (Å²) >= 11 is 0. The first-order valence-electron chi connectivity index (χ1n) is 6.47. The highest BCUT2D eigenvalue weighted by Gasteiger charge is 2.56. The minimum Gasteiger partial charge on any atom is -0.477 e. The van der Waals surface area contributed by atoms with Crippen LogP contribution in [-0.4, -0.2) is 61.1 Å². The maximum absolute atomic E-state index is 12.0. The first-order chi connectivity index (χ1) is 10.2. The second kappa shape index (κ2) is 6.05. The van der Waals surface area contributed by atoms with Crippen LogP contribution in [0.4, 0.5) is 4.79 Å². The monoisotopic (exact) mass is 332 g/mol. The van der Waals surface area contributed by atoms with Crippen molar-refractivity contribution in [3.63, 3.8) is 0 Å². The Labute approximate surface area is 128 Å². The van der Waals surface area contributed by atoms with Gasteiger partial charge >= 0.3 is 12.1 Å². The minimum absolute atomic E-state index is 0.137. The standard InChI is InChI=1S/C12H16N2O7S/c1-5(15)8-7-2-6(3-22(20)4-21-12(13)19)9(11(17)18)14(7)10(8)16/h5,7-8,15H,2-4H2,1H3,(H2,13,19)(H,17,18). The topological polar surface area (TPSA) is 147 Å². The van der Waals surface area contributed by atoms with Gasteiger partial charge in [0.1, 0.15) is 5.70 Å². The summed E-state index contributed by atoms with van der Waals surface area (Å²) in [5.74, 6) is -2.97. The van der Waals surface area contributed by atoms with Crippen molar-refractivity contribution in [3.05, 3.63) is 11.3 Å². The van der Waals surface area contributed by atoms with Crippen molar-refractivity contribution in [1.29, 1.82) is 0 Å². The van der Waals surface area contributed by atoms with Crippen LogP contribution < -0.4 is 5.73 Å². The number of rotatable bonds is 6. The molecule has 0 bridgehead atoms. The number of aliphatic carboxylic acids is 1. The lowest BCUT2D eigenvalue weighted by atomic mass is 9.83. The second-order valence-corrected chi connectivity index (χ2v) is 6.57. The van der Waals surface area contributed by atoms with Crippen LogP contribution in [0.2, 0.25) is 0 Å². The summed E-state index contributed by atoms with van der Waals surface area (Å²) in [6.45, 7) is 1.47. The van der Waals surface area contributed by atoms with Gasteiger partial charge in [-0.15, -0.1) is 0 Å². The second-order valence-electron chi connectivity index (χ2n) is 5.17. The molecule has 2 amide bonds. The SMILES string of the molecule is CC(O)C1C(=O)N2C(C(=O)O)=C(CS(=O)COC(N)=O)CC12. The maximum Gasteiger partial charge on any atom is 0.405 e. The highest BCUT2D eigenvalue weighted by atomic mass is 32.2. The molecule has 1 fully saturated rings. The molecule has 0 aromatic carbocycles. The van der Waals surface area contributed by atoms with Gasteiger partial charge in [-0.1, -0.05) is 0 Å². The fraction of sp³-hybridized carbons (Fsp3) is 0.583. The van der Waals surface area contributed by atoms with Crippen molar-refractivity contribution in [3.8, 4) is 0 Å². The molecule has 0 radical (unpaired) electrons. The van der Waals surface area contributed by atoms with Crippen LogP contribution in [0.1, 0.15) is 13.3 Å². The van der Waals surface area contributed by atoms with Crippen molar-refractivity contribution in [2.75, 3.05) is 11.7 Å². The average Bonchev–Trinajstić information content (AvgIpc) is 2.70. The summed E-state index contributed by atoms with van der Waals surface area (Å²) in [5, 5.41) is 18.8. The van der Waals surface area contributed by atoms with Gasteiger partial charge in [-0.05, 0) is 18.9 Å². The Kier molecular flexibility index (Phi) is 4.52. The molecule has 0 saturated carbocycles. The Hall–Kier alpha value is -1.94. The van der Waals surface area contributed by atoms with E-state index in [2.05, 4.69) is 4.74 Å². The van der Waals surface area contributed by atoms with Crippen molar-refractivity contribution in [2.24, 2.45) is 11.7 Å². The fourth-order valence-electron chi connectivity index (χ4n) is 2.85. The van der Waals surface area contributed by atoms with Gasteiger partial charge in [-0.2, -0.15) is 0 Å². The van der Waals surface area contributed by atoms with E-state index in [0.717, 1.165) is 4.90 Å². The van der Waals surface area contributed by atoms with Gasteiger partial charge in [0.05, 0.1) is 34.6 Å². The van der Waals surface area contributed by atoms with Gasteiger partial charge in [-0.3, -0.25) is 9.00 Å². The number of nitrogens with zero attached hydrogens (tertiary/aromatic N) is 1. The number of aliphatic hydroxyl groups excluding tert-OH is 1. The van der Waals surface area contributed by atoms with E-state index in [9.17, 15) is 28.8 Å². The molecule has 0 aromatic rings. The summed E-state index contributed by atoms with van der Waals surface area (Å²) in [6, 6.07) is -0.428. The Morgan fingerprint density at radius 1 is 1.55 bits per heavy atom. The minimum atomic E-state index is -1.65. The number of β-lactam (4-membered cyclic amide) rings is 1. The summed E-state index contributed by atoms with van der Waals surface area (Å²) in [5.41, 5.74) is 4.90. The number of carboxylic acids is 1. The number of carbonyl (C=O) groups excluding carboxylic acids is 2. The third-order valence-corrected chi connectivity index (χ3v) is 4.74. The molecule has 4 unspecified atom stereocenters. The molecule has 122 valence electrons. The summed E-state index contributed by atoms with van der Waals surface area (Å²) in [7, 11) is -1.65. The number of fused-ring (bicyclic) bond motifs is 1. The number of amides is 2. The Balaban J connectivity index is 2.13. The van der Waals surface area contributed by atoms with Crippen LogP contribution in [0.3, 0.4) is 0 Å². The van der Waals surface area contributed by atoms with E-state index in [1.807, 2.05) is 0 Å². The van der Waals surface area contributed by atoms with Gasteiger partial charge in [0.25, 0.3) is 0 Å². The predicted octanol–water partition coefficient (Wildman–Crippen LogP) is -1.26. The van der Waals surface area contributed by atoms with E-state index in [0.29, 0.717) is 5.57 Å². The largest absolute Gasteiger partial charge is 0.477 e. The lowest BCUT2D eigenvalue weighted by Gasteiger charge is -2.44. The van der Waals surface area contributed by atoms with Crippen molar-refractivity contribution in [1.82, 2.24) is 4.90 Å². The van der Waals surface area contributed by atoms with Crippen LogP contribution in [0.5, 0.6) is 0 Å². The molecule has 2 aliphatic heterocycles. The third kappa shape index (κ3) is 2.83. The zero-order valence-corrected chi connectivity index (χ0v) is 12.5. The molecular formula is C12H16N2O7S. The van der Waals surface area contributed by atoms with Crippen LogP contribution in [0, 0.1) is 5.92 Å². The number of aliphatic hydroxyl groups is 1. The summed E-state index contributed by atoms with van der Waals surface area (Å²) in [6.07, 6.45) is -1.72. The van der Waals surface area contributed by atoms with Gasteiger partial charge < -0.3 is 25.6 Å². The van der Waals surface area contributed by atoms with Crippen molar-refractivity contribution < 1.29 is 33.5 Å². The first kappa shape index (κ1) is 16.4. The molecule has 2 rings (SSSR count). The van der Waals surface area contributed by atoms with Crippen LogP contribution in [0.15, 0.2) is 11.3 Å². The highest BCUT2D eigenvalue weighted by Crippen LogP contribution is 2.43. The number of hydrogen-bond acceptors (Lipinski definition) is 6. The van der Waals surface area contributed by atoms with Gasteiger partial charge in [0, 0.05) is 0 Å². The molecule has 0 aromatic heterocycles. The molecule has 0 spiro atoms. The molecule has 10 heteroatoms. The number of nitrogens with two attached hydrogens (primary N) is 1. The number of carboxylic acid groups (broad SMARTS) is 1. The van der Waals surface area contributed by atoms with Gasteiger partial charge in [0.15, 0.2) is 5.94 Å². The molecule has 2 aliphatic rings. The Morgan fingerprint density at radius 2 is 2.18 bits per heavy atom. The smallest absolute Gasteiger partial charge is 0.405 e. The van der Waals surface area contributed by atoms with Crippen LogP contribution in [-0.2, 0) is 25.1 Å². The van der Waals surface area contributed by atoms with Gasteiger partial charge in [0.2, 0.25) is 5.91 Å². The molecule has 9 nitrogen and oxygen atoms in total. The van der Waals surface area contributed by atoms with Crippen LogP contribution >= 0.6 is 0 Å². The van der Waals surface area contributed by atoms with Crippen LogP contribution in [0.25, 0.3) is 0 Å². The maximum atomic E-state index is 12.0. The summed E-state index contributed by atoms with van der Waals surface area (Å²) < 4.78 is 16.2. The molecule has 1 saturated heterocycles. The molecule has 4 N–H and O–H groups in total. The number of ether oxygens (including phenoxy) is 1. The lowest BCUT2D eigenvalue weighted by molar-refractivity contribution is -0.161. The van der Waals surface area contributed by atoms with E-state index in [-0.39, 0.29) is 17.9 Å². The zero-order chi connectivity index (χ0) is 16.6. The molecule has 0 aliphatic carbocycles. The Bertz CT molecular complexity index is 586. The van der Waals surface area contributed by atoms with E-state index in [1.165, 1.54) is 6.92 Å². The molecule has 2 heterocycles. The number of carbonyl (C=O) groups is 3. The van der Waals surface area contributed by atoms with Crippen molar-refractivity contribution in [2.45, 2.75) is 25.5 Å². The van der Waals surface area contributed by atoms with Gasteiger partial charge in [-0.25, -0.2) is 9.59 Å². The fourth-order valence-corrected chi connectivity index (χ4v) is 3.82. The molecular weight excluding hydrogens is 316 g/mol. The Morgan fingerprint density at radius 3 is 2.68 bits per heavy atom. The highest BCUT2D eigenvalue weighted by molar-refractivity contribution is 7.85. The van der Waals surface area contributed by atoms with E-state index < -0.39 is 52.8 Å². The van der Waals surface area contributed by atoms with Crippen molar-refractivity contribution >= 4 is 28.8 Å². The van der Waals surface area contributed by atoms with E-state index >= 15 is 0 Å². The summed E-state index contributed by atoms with van der Waals surface area (Å²) in [4.78, 5) is 34.9. The predicted molar refractivity (Wildman–Crippen MR) is 73.6 cm³/mol. The molecule has 22 heavy (non-hydrogen) atoms. The van der Waals surface area contributed by atoms with E-state index in [4.69, 9.17) is 5.73 Å². The average molecular weight is 332 g/mol. The number of hydrogen-bond donors (Lipinski definition) is 3. The molecule has 4 atom stereocenters. The van der Waals surface area contributed by atoms with E-state index in [1.54, 1.807) is 0 Å². The zero-order valence-electron chi connectivity index (χ0n) is 11.7. The third-order valence-electron chi connectivity index (χ3n) is 3.69. The lowest BCUT2D eigenvalue weighted by Crippen LogP contribution is -2.61. The normalized spacial score (nSPS) is 26.3.